The lowest BCUT2D eigenvalue weighted by molar-refractivity contribution is 0.179. The number of sulfone groups is 1. The van der Waals surface area contributed by atoms with E-state index in [1.807, 2.05) is 14.0 Å². The summed E-state index contributed by atoms with van der Waals surface area (Å²) in [6, 6.07) is 0. The fraction of sp³-hybridized carbons (Fsp3) is 1.00. The summed E-state index contributed by atoms with van der Waals surface area (Å²) in [5, 5.41) is 3.25. The van der Waals surface area contributed by atoms with Crippen LogP contribution in [0.4, 0.5) is 0 Å². The van der Waals surface area contributed by atoms with Gasteiger partial charge in [0.2, 0.25) is 0 Å². The van der Waals surface area contributed by atoms with E-state index in [1.54, 1.807) is 0 Å². The van der Waals surface area contributed by atoms with Crippen molar-refractivity contribution in [2.75, 3.05) is 25.1 Å². The van der Waals surface area contributed by atoms with E-state index in [0.717, 1.165) is 19.4 Å². The van der Waals surface area contributed by atoms with E-state index in [2.05, 4.69) is 5.32 Å². The Morgan fingerprint density at radius 2 is 1.76 bits per heavy atom. The number of nitrogens with one attached hydrogen (secondary N) is 1. The standard InChI is InChI=1S/C13H27NO2S/c1-3-10-17(15,16)11-9-13(12-14-2)7-5-4-6-8-13/h14H,3-12H2,1-2H3. The van der Waals surface area contributed by atoms with Crippen LogP contribution in [0.5, 0.6) is 0 Å². The Morgan fingerprint density at radius 1 is 1.12 bits per heavy atom. The predicted octanol–water partition coefficient (Wildman–Crippen LogP) is 2.37. The molecule has 0 aromatic carbocycles. The Kier molecular flexibility index (Phi) is 5.93. The van der Waals surface area contributed by atoms with Crippen LogP contribution in [0.3, 0.4) is 0 Å². The molecule has 1 aliphatic rings. The van der Waals surface area contributed by atoms with E-state index in [-0.39, 0.29) is 5.41 Å². The van der Waals surface area contributed by atoms with Crippen LogP contribution in [-0.2, 0) is 9.84 Å². The lowest BCUT2D eigenvalue weighted by Crippen LogP contribution is -2.36. The van der Waals surface area contributed by atoms with Gasteiger partial charge in [-0.05, 0) is 38.1 Å². The third-order valence-corrected chi connectivity index (χ3v) is 5.78. The minimum atomic E-state index is -2.82. The number of rotatable bonds is 7. The molecule has 0 heterocycles. The van der Waals surface area contributed by atoms with Crippen molar-refractivity contribution in [3.8, 4) is 0 Å². The first-order valence-corrected chi connectivity index (χ1v) is 8.71. The minimum absolute atomic E-state index is 0.244. The molecule has 0 atom stereocenters. The molecule has 0 aromatic rings. The van der Waals surface area contributed by atoms with Gasteiger partial charge in [0.15, 0.2) is 0 Å². The van der Waals surface area contributed by atoms with Crippen molar-refractivity contribution in [1.82, 2.24) is 5.32 Å². The molecule has 0 spiro atoms. The third kappa shape index (κ3) is 4.96. The lowest BCUT2D eigenvalue weighted by Gasteiger charge is -2.37. The molecule has 3 nitrogen and oxygen atoms in total. The van der Waals surface area contributed by atoms with E-state index < -0.39 is 9.84 Å². The van der Waals surface area contributed by atoms with Gasteiger partial charge in [0, 0.05) is 12.3 Å². The summed E-state index contributed by atoms with van der Waals surface area (Å²) >= 11 is 0. The lowest BCUT2D eigenvalue weighted by atomic mass is 9.72. The van der Waals surface area contributed by atoms with E-state index in [1.165, 1.54) is 32.1 Å². The maximum absolute atomic E-state index is 11.8. The first-order valence-electron chi connectivity index (χ1n) is 6.89. The van der Waals surface area contributed by atoms with Crippen molar-refractivity contribution in [1.29, 1.82) is 0 Å². The fourth-order valence-electron chi connectivity index (χ4n) is 2.98. The number of hydrogen-bond donors (Lipinski definition) is 1. The molecule has 4 heteroatoms. The topological polar surface area (TPSA) is 46.2 Å². The summed E-state index contributed by atoms with van der Waals surface area (Å²) < 4.78 is 23.6. The molecule has 1 N–H and O–H groups in total. The van der Waals surface area contributed by atoms with Crippen molar-refractivity contribution in [2.24, 2.45) is 5.41 Å². The van der Waals surface area contributed by atoms with Gasteiger partial charge < -0.3 is 5.32 Å². The molecule has 1 saturated carbocycles. The molecule has 1 fully saturated rings. The summed E-state index contributed by atoms with van der Waals surface area (Å²) in [7, 11) is -0.846. The van der Waals surface area contributed by atoms with Gasteiger partial charge in [-0.3, -0.25) is 0 Å². The smallest absolute Gasteiger partial charge is 0.150 e. The van der Waals surface area contributed by atoms with Gasteiger partial charge in [-0.2, -0.15) is 0 Å². The van der Waals surface area contributed by atoms with Crippen LogP contribution in [0.1, 0.15) is 51.9 Å². The maximum Gasteiger partial charge on any atom is 0.150 e. The van der Waals surface area contributed by atoms with Crippen molar-refractivity contribution in [3.63, 3.8) is 0 Å². The summed E-state index contributed by atoms with van der Waals surface area (Å²) in [5.41, 5.74) is 0.244. The maximum atomic E-state index is 11.8. The average Bonchev–Trinajstić information content (AvgIpc) is 2.29. The van der Waals surface area contributed by atoms with Crippen LogP contribution in [0.25, 0.3) is 0 Å². The average molecular weight is 261 g/mol. The highest BCUT2D eigenvalue weighted by Gasteiger charge is 2.32. The summed E-state index contributed by atoms with van der Waals surface area (Å²) in [6.07, 6.45) is 7.79. The molecule has 0 radical (unpaired) electrons. The first kappa shape index (κ1) is 15.0. The second-order valence-corrected chi connectivity index (χ2v) is 7.80. The van der Waals surface area contributed by atoms with Crippen molar-refractivity contribution < 1.29 is 8.42 Å². The fourth-order valence-corrected chi connectivity index (χ4v) is 4.55. The predicted molar refractivity (Wildman–Crippen MR) is 73.0 cm³/mol. The van der Waals surface area contributed by atoms with Crippen LogP contribution in [0, 0.1) is 5.41 Å². The monoisotopic (exact) mass is 261 g/mol. The van der Waals surface area contributed by atoms with E-state index in [9.17, 15) is 8.42 Å². The van der Waals surface area contributed by atoms with E-state index in [4.69, 9.17) is 0 Å². The minimum Gasteiger partial charge on any atom is -0.319 e. The highest BCUT2D eigenvalue weighted by atomic mass is 32.2. The van der Waals surface area contributed by atoms with Crippen molar-refractivity contribution in [3.05, 3.63) is 0 Å². The summed E-state index contributed by atoms with van der Waals surface area (Å²) in [4.78, 5) is 0. The zero-order valence-corrected chi connectivity index (χ0v) is 12.1. The molecule has 0 aliphatic heterocycles. The van der Waals surface area contributed by atoms with Crippen molar-refractivity contribution in [2.45, 2.75) is 51.9 Å². The highest BCUT2D eigenvalue weighted by Crippen LogP contribution is 2.39. The Balaban J connectivity index is 2.55. The molecular formula is C13H27NO2S. The Hall–Kier alpha value is -0.0900. The molecule has 1 rings (SSSR count). The second kappa shape index (κ2) is 6.74. The third-order valence-electron chi connectivity index (χ3n) is 3.92. The largest absolute Gasteiger partial charge is 0.319 e. The molecule has 0 bridgehead atoms. The van der Waals surface area contributed by atoms with Gasteiger partial charge in [0.1, 0.15) is 9.84 Å². The number of hydrogen-bond acceptors (Lipinski definition) is 3. The first-order chi connectivity index (χ1) is 8.04. The van der Waals surface area contributed by atoms with Crippen LogP contribution >= 0.6 is 0 Å². The highest BCUT2D eigenvalue weighted by molar-refractivity contribution is 7.91. The van der Waals surface area contributed by atoms with Crippen LogP contribution in [0.15, 0.2) is 0 Å². The molecule has 17 heavy (non-hydrogen) atoms. The molecular weight excluding hydrogens is 234 g/mol. The van der Waals surface area contributed by atoms with Gasteiger partial charge in [0.05, 0.1) is 5.75 Å². The quantitative estimate of drug-likeness (QED) is 0.765. The Labute approximate surface area is 106 Å². The molecule has 0 aromatic heterocycles. The molecule has 0 unspecified atom stereocenters. The molecule has 1 aliphatic carbocycles. The van der Waals surface area contributed by atoms with E-state index in [0.29, 0.717) is 11.5 Å². The SMILES string of the molecule is CCCS(=O)(=O)CCC1(CNC)CCCCC1. The normalized spacial score (nSPS) is 20.4. The Morgan fingerprint density at radius 3 is 2.29 bits per heavy atom. The molecule has 102 valence electrons. The zero-order valence-electron chi connectivity index (χ0n) is 11.3. The molecule has 0 amide bonds. The summed E-state index contributed by atoms with van der Waals surface area (Å²) in [6.45, 7) is 2.90. The van der Waals surface area contributed by atoms with Crippen LogP contribution < -0.4 is 5.32 Å². The Bertz CT molecular complexity index is 300. The molecule has 0 saturated heterocycles. The van der Waals surface area contributed by atoms with Crippen LogP contribution in [0.2, 0.25) is 0 Å². The van der Waals surface area contributed by atoms with Gasteiger partial charge in [-0.15, -0.1) is 0 Å². The van der Waals surface area contributed by atoms with Gasteiger partial charge in [-0.1, -0.05) is 26.2 Å². The van der Waals surface area contributed by atoms with Crippen LogP contribution in [-0.4, -0.2) is 33.5 Å². The zero-order chi connectivity index (χ0) is 12.8. The van der Waals surface area contributed by atoms with E-state index >= 15 is 0 Å². The van der Waals surface area contributed by atoms with Crippen molar-refractivity contribution >= 4 is 9.84 Å². The van der Waals surface area contributed by atoms with Gasteiger partial charge in [0.25, 0.3) is 0 Å². The van der Waals surface area contributed by atoms with Gasteiger partial charge in [-0.25, -0.2) is 8.42 Å². The summed E-state index contributed by atoms with van der Waals surface area (Å²) in [5.74, 6) is 0.727. The van der Waals surface area contributed by atoms with Gasteiger partial charge >= 0.3 is 0 Å². The second-order valence-electron chi connectivity index (χ2n) is 5.49.